The Hall–Kier alpha value is -1.57. The van der Waals surface area contributed by atoms with Gasteiger partial charge >= 0.3 is 5.97 Å². The lowest BCUT2D eigenvalue weighted by atomic mass is 9.97. The molecule has 2 rings (SSSR count). The Morgan fingerprint density at radius 1 is 1.47 bits per heavy atom. The molecule has 15 heavy (non-hydrogen) atoms. The molecular weight excluding hydrogens is 188 g/mol. The molecule has 0 radical (unpaired) electrons. The maximum absolute atomic E-state index is 11.1. The van der Waals surface area contributed by atoms with Crippen molar-refractivity contribution in [2.75, 3.05) is 0 Å². The van der Waals surface area contributed by atoms with E-state index in [0.717, 1.165) is 12.8 Å². The third kappa shape index (κ3) is 2.27. The van der Waals surface area contributed by atoms with E-state index in [-0.39, 0.29) is 5.97 Å². The number of allylic oxidation sites excluding steroid dienone is 1. The van der Waals surface area contributed by atoms with Crippen LogP contribution >= 0.6 is 0 Å². The van der Waals surface area contributed by atoms with Gasteiger partial charge in [0, 0.05) is 6.42 Å². The summed E-state index contributed by atoms with van der Waals surface area (Å²) in [6, 6.07) is 5.83. The molecule has 2 heteroatoms. The van der Waals surface area contributed by atoms with Gasteiger partial charge < -0.3 is 4.74 Å². The van der Waals surface area contributed by atoms with Crippen molar-refractivity contribution in [3.8, 4) is 5.75 Å². The smallest absolute Gasteiger partial charge is 0.310 e. The minimum atomic E-state index is -0.185. The van der Waals surface area contributed by atoms with Gasteiger partial charge in [-0.15, -0.1) is 0 Å². The second-order valence-corrected chi connectivity index (χ2v) is 3.63. The van der Waals surface area contributed by atoms with E-state index in [1.54, 1.807) is 6.92 Å². The van der Waals surface area contributed by atoms with Crippen molar-refractivity contribution in [2.24, 2.45) is 0 Å². The number of ether oxygens (including phenoxy) is 1. The molecule has 1 aromatic rings. The lowest BCUT2D eigenvalue weighted by molar-refractivity contribution is -0.134. The van der Waals surface area contributed by atoms with Crippen LogP contribution in [0.5, 0.6) is 5.75 Å². The fourth-order valence-corrected chi connectivity index (χ4v) is 1.67. The summed E-state index contributed by atoms with van der Waals surface area (Å²) in [5.74, 6) is 0.460. The summed E-state index contributed by atoms with van der Waals surface area (Å²) in [6.07, 6.45) is 6.82. The quantitative estimate of drug-likeness (QED) is 0.544. The molecule has 0 fully saturated rings. The van der Waals surface area contributed by atoms with Gasteiger partial charge in [-0.3, -0.25) is 4.79 Å². The van der Waals surface area contributed by atoms with Crippen LogP contribution in [0.15, 0.2) is 24.3 Å². The van der Waals surface area contributed by atoms with Crippen LogP contribution in [0, 0.1) is 0 Å². The second-order valence-electron chi connectivity index (χ2n) is 3.63. The zero-order chi connectivity index (χ0) is 10.7. The zero-order valence-electron chi connectivity index (χ0n) is 8.82. The molecule has 0 bridgehead atoms. The molecule has 0 saturated heterocycles. The molecular formula is C13H14O2. The predicted octanol–water partition coefficient (Wildman–Crippen LogP) is 2.96. The Morgan fingerprint density at radius 2 is 2.33 bits per heavy atom. The third-order valence-electron chi connectivity index (χ3n) is 2.52. The minimum Gasteiger partial charge on any atom is -0.427 e. The number of esters is 1. The van der Waals surface area contributed by atoms with Crippen LogP contribution in [0.4, 0.5) is 0 Å². The van der Waals surface area contributed by atoms with Gasteiger partial charge in [-0.2, -0.15) is 0 Å². The number of aryl methyl sites for hydroxylation is 1. The van der Waals surface area contributed by atoms with Crippen molar-refractivity contribution in [1.29, 1.82) is 0 Å². The van der Waals surface area contributed by atoms with E-state index in [4.69, 9.17) is 4.74 Å². The van der Waals surface area contributed by atoms with E-state index in [1.165, 1.54) is 11.1 Å². The molecule has 0 saturated carbocycles. The molecule has 78 valence electrons. The van der Waals surface area contributed by atoms with E-state index >= 15 is 0 Å². The Kier molecular flexibility index (Phi) is 2.86. The largest absolute Gasteiger partial charge is 0.427 e. The van der Waals surface area contributed by atoms with Gasteiger partial charge in [0.15, 0.2) is 0 Å². The van der Waals surface area contributed by atoms with Crippen LogP contribution in [0.1, 0.15) is 30.9 Å². The summed E-state index contributed by atoms with van der Waals surface area (Å²) in [5.41, 5.74) is 2.50. The van der Waals surface area contributed by atoms with Crippen LogP contribution in [-0.4, -0.2) is 5.97 Å². The molecule has 0 unspecified atom stereocenters. The van der Waals surface area contributed by atoms with Gasteiger partial charge in [0.05, 0.1) is 0 Å². The molecule has 0 spiro atoms. The van der Waals surface area contributed by atoms with E-state index < -0.39 is 0 Å². The molecule has 2 nitrogen and oxygen atoms in total. The SMILES string of the molecule is CCC(=O)Oc1ccc2c(c1)C=CCC2. The Bertz CT molecular complexity index is 405. The monoisotopic (exact) mass is 202 g/mol. The molecule has 0 atom stereocenters. The summed E-state index contributed by atoms with van der Waals surface area (Å²) in [4.78, 5) is 11.1. The number of carbonyl (C=O) groups is 1. The van der Waals surface area contributed by atoms with Crippen LogP contribution in [0.2, 0.25) is 0 Å². The number of hydrogen-bond donors (Lipinski definition) is 0. The Balaban J connectivity index is 2.22. The standard InChI is InChI=1S/C13H14O2/c1-2-13(14)15-12-8-7-10-5-3-4-6-11(10)9-12/h4,6-9H,2-3,5H2,1H3. The summed E-state index contributed by atoms with van der Waals surface area (Å²) in [6.45, 7) is 1.79. The lowest BCUT2D eigenvalue weighted by Gasteiger charge is -2.11. The predicted molar refractivity (Wildman–Crippen MR) is 59.7 cm³/mol. The highest BCUT2D eigenvalue weighted by atomic mass is 16.5. The Labute approximate surface area is 89.6 Å². The fraction of sp³-hybridized carbons (Fsp3) is 0.308. The molecule has 1 aliphatic carbocycles. The van der Waals surface area contributed by atoms with E-state index in [2.05, 4.69) is 12.2 Å². The summed E-state index contributed by atoms with van der Waals surface area (Å²) in [7, 11) is 0. The first-order chi connectivity index (χ1) is 7.29. The van der Waals surface area contributed by atoms with E-state index in [1.807, 2.05) is 18.2 Å². The molecule has 0 amide bonds. The van der Waals surface area contributed by atoms with Crippen LogP contribution in [-0.2, 0) is 11.2 Å². The summed E-state index contributed by atoms with van der Waals surface area (Å²) >= 11 is 0. The van der Waals surface area contributed by atoms with Crippen LogP contribution < -0.4 is 4.74 Å². The summed E-state index contributed by atoms with van der Waals surface area (Å²) < 4.78 is 5.16. The van der Waals surface area contributed by atoms with Gasteiger partial charge in [0.2, 0.25) is 0 Å². The maximum atomic E-state index is 11.1. The fourth-order valence-electron chi connectivity index (χ4n) is 1.67. The van der Waals surface area contributed by atoms with E-state index in [9.17, 15) is 4.79 Å². The van der Waals surface area contributed by atoms with Crippen LogP contribution in [0.25, 0.3) is 6.08 Å². The van der Waals surface area contributed by atoms with Gasteiger partial charge in [0.25, 0.3) is 0 Å². The first-order valence-electron chi connectivity index (χ1n) is 5.29. The average molecular weight is 202 g/mol. The molecule has 0 heterocycles. The number of fused-ring (bicyclic) bond motifs is 1. The third-order valence-corrected chi connectivity index (χ3v) is 2.52. The number of rotatable bonds is 2. The van der Waals surface area contributed by atoms with Crippen molar-refractivity contribution in [2.45, 2.75) is 26.2 Å². The zero-order valence-corrected chi connectivity index (χ0v) is 8.82. The van der Waals surface area contributed by atoms with Gasteiger partial charge in [-0.1, -0.05) is 25.1 Å². The average Bonchev–Trinajstić information content (AvgIpc) is 2.29. The van der Waals surface area contributed by atoms with Crippen molar-refractivity contribution in [3.05, 3.63) is 35.4 Å². The maximum Gasteiger partial charge on any atom is 0.310 e. The highest BCUT2D eigenvalue weighted by molar-refractivity contribution is 5.72. The second kappa shape index (κ2) is 4.30. The number of benzene rings is 1. The highest BCUT2D eigenvalue weighted by Gasteiger charge is 2.07. The van der Waals surface area contributed by atoms with Gasteiger partial charge in [-0.05, 0) is 36.1 Å². The first kappa shape index (κ1) is 9.97. The topological polar surface area (TPSA) is 26.3 Å². The molecule has 0 aromatic heterocycles. The van der Waals surface area contributed by atoms with Crippen molar-refractivity contribution in [3.63, 3.8) is 0 Å². The van der Waals surface area contributed by atoms with E-state index in [0.29, 0.717) is 12.2 Å². The lowest BCUT2D eigenvalue weighted by Crippen LogP contribution is -2.06. The molecule has 0 N–H and O–H groups in total. The summed E-state index contributed by atoms with van der Waals surface area (Å²) in [5, 5.41) is 0. The number of hydrogen-bond acceptors (Lipinski definition) is 2. The molecule has 1 aromatic carbocycles. The van der Waals surface area contributed by atoms with Gasteiger partial charge in [-0.25, -0.2) is 0 Å². The number of carbonyl (C=O) groups excluding carboxylic acids is 1. The molecule has 1 aliphatic rings. The highest BCUT2D eigenvalue weighted by Crippen LogP contribution is 2.24. The van der Waals surface area contributed by atoms with Crippen molar-refractivity contribution >= 4 is 12.0 Å². The minimum absolute atomic E-state index is 0.185. The first-order valence-corrected chi connectivity index (χ1v) is 5.29. The van der Waals surface area contributed by atoms with Gasteiger partial charge in [0.1, 0.15) is 5.75 Å². The van der Waals surface area contributed by atoms with Crippen molar-refractivity contribution in [1.82, 2.24) is 0 Å². The Morgan fingerprint density at radius 3 is 3.13 bits per heavy atom. The van der Waals surface area contributed by atoms with Crippen LogP contribution in [0.3, 0.4) is 0 Å². The van der Waals surface area contributed by atoms with Crippen molar-refractivity contribution < 1.29 is 9.53 Å². The normalized spacial score (nSPS) is 13.4. The molecule has 0 aliphatic heterocycles.